The molecule has 0 rings (SSSR count). The van der Waals surface area contributed by atoms with Crippen molar-refractivity contribution in [1.82, 2.24) is 0 Å². The topological polar surface area (TPSA) is 78.9 Å². The van der Waals surface area contributed by atoms with Gasteiger partial charge in [0.05, 0.1) is 0 Å². The predicted molar refractivity (Wildman–Crippen MR) is 260 cm³/mol. The molecule has 0 aliphatic rings. The smallest absolute Gasteiger partial charge is 0.306 e. The summed E-state index contributed by atoms with van der Waals surface area (Å²) in [6.07, 6.45) is 63.9. The molecule has 0 unspecified atom stereocenters. The average molecular weight is 847 g/mol. The van der Waals surface area contributed by atoms with Crippen molar-refractivity contribution in [1.29, 1.82) is 0 Å². The Bertz CT molecular complexity index is 1250. The minimum absolute atomic E-state index is 0.117. The molecular formula is C55H90O6. The number of ether oxygens (including phenoxy) is 3. The highest BCUT2D eigenvalue weighted by molar-refractivity contribution is 5.71. The van der Waals surface area contributed by atoms with Crippen LogP contribution in [-0.2, 0) is 28.6 Å². The zero-order valence-electron chi connectivity index (χ0n) is 39.4. The second kappa shape index (κ2) is 49.0. The van der Waals surface area contributed by atoms with E-state index in [-0.39, 0.29) is 37.5 Å². The zero-order valence-corrected chi connectivity index (χ0v) is 39.4. The van der Waals surface area contributed by atoms with Crippen LogP contribution in [0.15, 0.2) is 97.2 Å². The largest absolute Gasteiger partial charge is 0.462 e. The van der Waals surface area contributed by atoms with E-state index in [0.29, 0.717) is 25.7 Å². The molecule has 61 heavy (non-hydrogen) atoms. The third-order valence-corrected chi connectivity index (χ3v) is 10.0. The lowest BCUT2D eigenvalue weighted by Crippen LogP contribution is -2.30. The van der Waals surface area contributed by atoms with Gasteiger partial charge in [-0.05, 0) is 116 Å². The molecule has 0 fully saturated rings. The molecular weight excluding hydrogens is 757 g/mol. The fourth-order valence-electron chi connectivity index (χ4n) is 6.24. The van der Waals surface area contributed by atoms with E-state index in [4.69, 9.17) is 14.2 Å². The maximum Gasteiger partial charge on any atom is 0.306 e. The summed E-state index contributed by atoms with van der Waals surface area (Å²) in [7, 11) is 0. The molecule has 0 aromatic heterocycles. The Labute approximate surface area is 375 Å². The number of hydrogen-bond acceptors (Lipinski definition) is 6. The van der Waals surface area contributed by atoms with Crippen molar-refractivity contribution in [3.8, 4) is 0 Å². The molecule has 0 bridgehead atoms. The first-order valence-corrected chi connectivity index (χ1v) is 24.7. The van der Waals surface area contributed by atoms with E-state index < -0.39 is 6.10 Å². The van der Waals surface area contributed by atoms with E-state index in [1.54, 1.807) is 0 Å². The lowest BCUT2D eigenvalue weighted by atomic mass is 10.1. The quantitative estimate of drug-likeness (QED) is 0.0263. The number of carbonyl (C=O) groups excluding carboxylic acids is 3. The standard InChI is InChI=1S/C55H90O6/c1-4-7-10-13-16-19-22-24-26-27-29-31-34-37-40-43-46-49-55(58)61-52(50-59-53(56)47-44-41-38-35-32-21-18-15-12-9-6-3)51-60-54(57)48-45-42-39-36-33-30-28-25-23-20-17-14-11-8-5-2/h15-20,24-26,28-29,31,33,36-37,40,52H,4-14,21-23,27,30,32,34-35,38-39,41-51H2,1-3H3/b18-15-,19-16-,20-17-,26-24-,28-25-,31-29-,36-33-,40-37-/t52-/m0/s1. The zero-order chi connectivity index (χ0) is 44.4. The van der Waals surface area contributed by atoms with E-state index in [1.165, 1.54) is 77.0 Å². The van der Waals surface area contributed by atoms with Gasteiger partial charge in [0.1, 0.15) is 13.2 Å². The molecule has 0 radical (unpaired) electrons. The number of unbranched alkanes of at least 4 members (excludes halogenated alkanes) is 16. The van der Waals surface area contributed by atoms with Crippen LogP contribution in [0.3, 0.4) is 0 Å². The minimum atomic E-state index is -0.824. The van der Waals surface area contributed by atoms with Gasteiger partial charge in [0, 0.05) is 19.3 Å². The minimum Gasteiger partial charge on any atom is -0.462 e. The monoisotopic (exact) mass is 847 g/mol. The molecule has 0 saturated carbocycles. The highest BCUT2D eigenvalue weighted by Gasteiger charge is 2.19. The van der Waals surface area contributed by atoms with E-state index in [0.717, 1.165) is 83.5 Å². The SMILES string of the molecule is CCCC/C=C\CCCCCCCC(=O)OC[C@@H](COC(=O)CCCC/C=C\C/C=C\C/C=C\CCCCC)OC(=O)CCC/C=C\C/C=C\C/C=C\C/C=C\CCCCC. The molecule has 1 atom stereocenters. The molecule has 0 aromatic carbocycles. The summed E-state index contributed by atoms with van der Waals surface area (Å²) < 4.78 is 16.7. The van der Waals surface area contributed by atoms with Crippen LogP contribution in [0.4, 0.5) is 0 Å². The normalized spacial score (nSPS) is 12.9. The molecule has 0 aromatic rings. The first kappa shape index (κ1) is 57.3. The van der Waals surface area contributed by atoms with Crippen LogP contribution in [0.5, 0.6) is 0 Å². The molecule has 346 valence electrons. The Morgan fingerprint density at radius 2 is 0.623 bits per heavy atom. The summed E-state index contributed by atoms with van der Waals surface area (Å²) in [4.78, 5) is 37.8. The molecule has 0 spiro atoms. The van der Waals surface area contributed by atoms with Crippen LogP contribution in [0.1, 0.15) is 213 Å². The summed E-state index contributed by atoms with van der Waals surface area (Å²) in [5.41, 5.74) is 0. The molecule has 0 N–H and O–H groups in total. The van der Waals surface area contributed by atoms with Crippen LogP contribution in [0.25, 0.3) is 0 Å². The number of carbonyl (C=O) groups is 3. The van der Waals surface area contributed by atoms with Crippen molar-refractivity contribution in [2.24, 2.45) is 0 Å². The number of rotatable bonds is 43. The van der Waals surface area contributed by atoms with Crippen LogP contribution >= 0.6 is 0 Å². The lowest BCUT2D eigenvalue weighted by Gasteiger charge is -2.18. The molecule has 0 heterocycles. The van der Waals surface area contributed by atoms with E-state index >= 15 is 0 Å². The number of allylic oxidation sites excluding steroid dienone is 16. The molecule has 0 amide bonds. The van der Waals surface area contributed by atoms with Gasteiger partial charge >= 0.3 is 17.9 Å². The third kappa shape index (κ3) is 47.2. The van der Waals surface area contributed by atoms with Gasteiger partial charge in [-0.3, -0.25) is 14.4 Å². The van der Waals surface area contributed by atoms with Gasteiger partial charge in [-0.25, -0.2) is 0 Å². The summed E-state index contributed by atoms with van der Waals surface area (Å²) in [5.74, 6) is -1.03. The van der Waals surface area contributed by atoms with Crippen molar-refractivity contribution >= 4 is 17.9 Å². The highest BCUT2D eigenvalue weighted by atomic mass is 16.6. The molecule has 6 heteroatoms. The Kier molecular flexibility index (Phi) is 46.0. The Balaban J connectivity index is 4.56. The first-order valence-electron chi connectivity index (χ1n) is 24.7. The van der Waals surface area contributed by atoms with Crippen LogP contribution < -0.4 is 0 Å². The average Bonchev–Trinajstić information content (AvgIpc) is 3.26. The molecule has 6 nitrogen and oxygen atoms in total. The second-order valence-corrected chi connectivity index (χ2v) is 16.0. The van der Waals surface area contributed by atoms with E-state index in [2.05, 4.69) is 118 Å². The van der Waals surface area contributed by atoms with Crippen molar-refractivity contribution in [3.05, 3.63) is 97.2 Å². The van der Waals surface area contributed by atoms with Gasteiger partial charge in [0.2, 0.25) is 0 Å². The van der Waals surface area contributed by atoms with Gasteiger partial charge in [-0.15, -0.1) is 0 Å². The van der Waals surface area contributed by atoms with Crippen LogP contribution in [-0.4, -0.2) is 37.2 Å². The van der Waals surface area contributed by atoms with E-state index in [1.807, 2.05) is 0 Å². The van der Waals surface area contributed by atoms with Gasteiger partial charge in [-0.2, -0.15) is 0 Å². The Morgan fingerprint density at radius 1 is 0.328 bits per heavy atom. The summed E-state index contributed by atoms with van der Waals surface area (Å²) in [5, 5.41) is 0. The molecule has 0 aliphatic heterocycles. The summed E-state index contributed by atoms with van der Waals surface area (Å²) in [6, 6.07) is 0. The maximum absolute atomic E-state index is 12.7. The van der Waals surface area contributed by atoms with Gasteiger partial charge in [-0.1, -0.05) is 176 Å². The van der Waals surface area contributed by atoms with Crippen molar-refractivity contribution < 1.29 is 28.6 Å². The van der Waals surface area contributed by atoms with Crippen molar-refractivity contribution in [2.75, 3.05) is 13.2 Å². The van der Waals surface area contributed by atoms with Crippen molar-refractivity contribution in [2.45, 2.75) is 219 Å². The molecule has 0 saturated heterocycles. The van der Waals surface area contributed by atoms with Crippen LogP contribution in [0.2, 0.25) is 0 Å². The maximum atomic E-state index is 12.7. The summed E-state index contributed by atoms with van der Waals surface area (Å²) in [6.45, 7) is 6.43. The highest BCUT2D eigenvalue weighted by Crippen LogP contribution is 2.11. The predicted octanol–water partition coefficient (Wildman–Crippen LogP) is 16.2. The third-order valence-electron chi connectivity index (χ3n) is 10.0. The first-order chi connectivity index (χ1) is 30.0. The van der Waals surface area contributed by atoms with Crippen molar-refractivity contribution in [3.63, 3.8) is 0 Å². The fraction of sp³-hybridized carbons (Fsp3) is 0.655. The van der Waals surface area contributed by atoms with Gasteiger partial charge in [0.25, 0.3) is 0 Å². The Morgan fingerprint density at radius 3 is 1.07 bits per heavy atom. The fourth-order valence-corrected chi connectivity index (χ4v) is 6.24. The Hall–Kier alpha value is -3.67. The lowest BCUT2D eigenvalue weighted by molar-refractivity contribution is -0.167. The van der Waals surface area contributed by atoms with Gasteiger partial charge in [0.15, 0.2) is 6.10 Å². The summed E-state index contributed by atoms with van der Waals surface area (Å²) >= 11 is 0. The molecule has 0 aliphatic carbocycles. The van der Waals surface area contributed by atoms with E-state index in [9.17, 15) is 14.4 Å². The van der Waals surface area contributed by atoms with Gasteiger partial charge < -0.3 is 14.2 Å². The van der Waals surface area contributed by atoms with Crippen LogP contribution in [0, 0.1) is 0 Å². The number of esters is 3. The second-order valence-electron chi connectivity index (χ2n) is 16.0. The number of hydrogen-bond donors (Lipinski definition) is 0.